The molecule has 1 atom stereocenters. The van der Waals surface area contributed by atoms with Gasteiger partial charge in [-0.2, -0.15) is 0 Å². The second kappa shape index (κ2) is 5.64. The zero-order valence-corrected chi connectivity index (χ0v) is 12.0. The molecule has 0 aliphatic heterocycles. The molecule has 22 heavy (non-hydrogen) atoms. The summed E-state index contributed by atoms with van der Waals surface area (Å²) >= 11 is 0. The zero-order chi connectivity index (χ0) is 15.7. The summed E-state index contributed by atoms with van der Waals surface area (Å²) in [4.78, 5) is 22.4. The fourth-order valence-corrected chi connectivity index (χ4v) is 3.19. The normalized spacial score (nSPS) is 13.3. The number of carboxylic acids is 2. The van der Waals surface area contributed by atoms with Crippen molar-refractivity contribution in [1.29, 1.82) is 0 Å². The van der Waals surface area contributed by atoms with Crippen molar-refractivity contribution in [3.63, 3.8) is 0 Å². The lowest BCUT2D eigenvalue weighted by molar-refractivity contribution is -0.140. The first-order valence-electron chi connectivity index (χ1n) is 7.22. The fraction of sp³-hybridized carbons (Fsp3) is 0.222. The molecule has 2 aromatic carbocycles. The maximum Gasteiger partial charge on any atom is 0.310 e. The largest absolute Gasteiger partial charge is 0.481 e. The van der Waals surface area contributed by atoms with Gasteiger partial charge in [-0.3, -0.25) is 9.59 Å². The lowest BCUT2D eigenvalue weighted by Gasteiger charge is -2.16. The van der Waals surface area contributed by atoms with Crippen molar-refractivity contribution in [3.8, 4) is 11.1 Å². The Morgan fingerprint density at radius 3 is 2.45 bits per heavy atom. The van der Waals surface area contributed by atoms with Crippen LogP contribution in [0.2, 0.25) is 0 Å². The van der Waals surface area contributed by atoms with E-state index in [0.717, 1.165) is 22.3 Å². The van der Waals surface area contributed by atoms with Crippen molar-refractivity contribution in [2.45, 2.75) is 25.2 Å². The van der Waals surface area contributed by atoms with Crippen molar-refractivity contribution < 1.29 is 19.8 Å². The van der Waals surface area contributed by atoms with E-state index in [0.29, 0.717) is 6.42 Å². The molecule has 4 nitrogen and oxygen atoms in total. The molecule has 0 spiro atoms. The number of carboxylic acid groups (broad SMARTS) is 2. The number of benzene rings is 2. The minimum Gasteiger partial charge on any atom is -0.481 e. The first-order chi connectivity index (χ1) is 10.6. The first-order valence-corrected chi connectivity index (χ1v) is 7.22. The maximum absolute atomic E-state index is 11.6. The van der Waals surface area contributed by atoms with E-state index in [2.05, 4.69) is 0 Å². The van der Waals surface area contributed by atoms with E-state index < -0.39 is 17.9 Å². The van der Waals surface area contributed by atoms with Crippen LogP contribution < -0.4 is 0 Å². The SMILES string of the molecule is O=C(O)CCC(C(=O)O)c1cccc2c1Cc1ccccc1-2. The third kappa shape index (κ3) is 2.48. The highest BCUT2D eigenvalue weighted by Gasteiger charge is 2.28. The zero-order valence-electron chi connectivity index (χ0n) is 12.0. The van der Waals surface area contributed by atoms with Crippen LogP contribution in [-0.4, -0.2) is 22.2 Å². The van der Waals surface area contributed by atoms with Crippen LogP contribution in [0.5, 0.6) is 0 Å². The van der Waals surface area contributed by atoms with Crippen molar-refractivity contribution in [2.24, 2.45) is 0 Å². The second-order valence-corrected chi connectivity index (χ2v) is 5.53. The fourth-order valence-electron chi connectivity index (χ4n) is 3.19. The maximum atomic E-state index is 11.6. The van der Waals surface area contributed by atoms with Crippen LogP contribution in [0.3, 0.4) is 0 Å². The van der Waals surface area contributed by atoms with E-state index in [9.17, 15) is 14.7 Å². The molecule has 0 radical (unpaired) electrons. The van der Waals surface area contributed by atoms with Gasteiger partial charge >= 0.3 is 11.9 Å². The van der Waals surface area contributed by atoms with Crippen LogP contribution in [0.25, 0.3) is 11.1 Å². The predicted molar refractivity (Wildman–Crippen MR) is 81.9 cm³/mol. The second-order valence-electron chi connectivity index (χ2n) is 5.53. The highest BCUT2D eigenvalue weighted by Crippen LogP contribution is 2.40. The summed E-state index contributed by atoms with van der Waals surface area (Å²) < 4.78 is 0. The lowest BCUT2D eigenvalue weighted by atomic mass is 9.88. The molecule has 1 aliphatic rings. The lowest BCUT2D eigenvalue weighted by Crippen LogP contribution is -2.15. The quantitative estimate of drug-likeness (QED) is 0.757. The minimum absolute atomic E-state index is 0.109. The van der Waals surface area contributed by atoms with Gasteiger partial charge in [-0.05, 0) is 40.7 Å². The summed E-state index contributed by atoms with van der Waals surface area (Å²) in [5.74, 6) is -2.71. The van der Waals surface area contributed by atoms with Gasteiger partial charge in [0.1, 0.15) is 0 Å². The molecular weight excluding hydrogens is 280 g/mol. The van der Waals surface area contributed by atoms with Crippen molar-refractivity contribution in [2.75, 3.05) is 0 Å². The van der Waals surface area contributed by atoms with Gasteiger partial charge in [0, 0.05) is 6.42 Å². The Morgan fingerprint density at radius 1 is 1.00 bits per heavy atom. The van der Waals surface area contributed by atoms with E-state index in [1.165, 1.54) is 5.56 Å². The molecule has 3 rings (SSSR count). The number of hydrogen-bond acceptors (Lipinski definition) is 2. The summed E-state index contributed by atoms with van der Waals surface area (Å²) in [7, 11) is 0. The van der Waals surface area contributed by atoms with E-state index in [4.69, 9.17) is 5.11 Å². The number of hydrogen-bond donors (Lipinski definition) is 2. The minimum atomic E-state index is -0.970. The molecular formula is C18H16O4. The predicted octanol–water partition coefficient (Wildman–Crippen LogP) is 3.29. The molecule has 0 saturated heterocycles. The Kier molecular flexibility index (Phi) is 3.67. The summed E-state index contributed by atoms with van der Waals surface area (Å²) in [6, 6.07) is 13.7. The number of rotatable bonds is 5. The smallest absolute Gasteiger partial charge is 0.310 e. The number of fused-ring (bicyclic) bond motifs is 3. The summed E-state index contributed by atoms with van der Waals surface area (Å²) in [5, 5.41) is 18.3. The monoisotopic (exact) mass is 296 g/mol. The highest BCUT2D eigenvalue weighted by atomic mass is 16.4. The van der Waals surface area contributed by atoms with E-state index in [1.54, 1.807) is 0 Å². The third-order valence-electron chi connectivity index (χ3n) is 4.21. The Hall–Kier alpha value is -2.62. The van der Waals surface area contributed by atoms with E-state index >= 15 is 0 Å². The molecule has 0 heterocycles. The van der Waals surface area contributed by atoms with Crippen LogP contribution >= 0.6 is 0 Å². The van der Waals surface area contributed by atoms with E-state index in [-0.39, 0.29) is 12.8 Å². The third-order valence-corrected chi connectivity index (χ3v) is 4.21. The molecule has 112 valence electrons. The van der Waals surface area contributed by atoms with Crippen molar-refractivity contribution in [3.05, 3.63) is 59.2 Å². The number of aliphatic carboxylic acids is 2. The van der Waals surface area contributed by atoms with Gasteiger partial charge in [0.25, 0.3) is 0 Å². The molecule has 1 unspecified atom stereocenters. The van der Waals surface area contributed by atoms with Crippen molar-refractivity contribution in [1.82, 2.24) is 0 Å². The average molecular weight is 296 g/mol. The topological polar surface area (TPSA) is 74.6 Å². The Bertz CT molecular complexity index is 749. The van der Waals surface area contributed by atoms with Gasteiger partial charge in [-0.25, -0.2) is 0 Å². The van der Waals surface area contributed by atoms with Gasteiger partial charge < -0.3 is 10.2 Å². The van der Waals surface area contributed by atoms with Crippen LogP contribution in [0.1, 0.15) is 35.4 Å². The molecule has 0 saturated carbocycles. The van der Waals surface area contributed by atoms with Crippen LogP contribution in [0.4, 0.5) is 0 Å². The summed E-state index contributed by atoms with van der Waals surface area (Å²) in [5.41, 5.74) is 5.15. The molecule has 2 aromatic rings. The van der Waals surface area contributed by atoms with E-state index in [1.807, 2.05) is 42.5 Å². The van der Waals surface area contributed by atoms with Gasteiger partial charge in [-0.15, -0.1) is 0 Å². The van der Waals surface area contributed by atoms with Crippen LogP contribution in [0.15, 0.2) is 42.5 Å². The van der Waals surface area contributed by atoms with Crippen molar-refractivity contribution >= 4 is 11.9 Å². The molecule has 4 heteroatoms. The molecule has 0 fully saturated rings. The molecule has 0 amide bonds. The highest BCUT2D eigenvalue weighted by molar-refractivity contribution is 5.83. The summed E-state index contributed by atoms with van der Waals surface area (Å²) in [6.07, 6.45) is 0.670. The molecule has 2 N–H and O–H groups in total. The van der Waals surface area contributed by atoms with Gasteiger partial charge in [0.05, 0.1) is 5.92 Å². The average Bonchev–Trinajstić information content (AvgIpc) is 2.86. The Morgan fingerprint density at radius 2 is 1.73 bits per heavy atom. The van der Waals surface area contributed by atoms with Crippen LogP contribution in [-0.2, 0) is 16.0 Å². The van der Waals surface area contributed by atoms with Gasteiger partial charge in [-0.1, -0.05) is 42.5 Å². The van der Waals surface area contributed by atoms with Gasteiger partial charge in [0.15, 0.2) is 0 Å². The standard InChI is InChI=1S/C18H16O4/c19-17(20)9-8-15(18(21)22)14-7-3-6-13-12-5-2-1-4-11(12)10-16(13)14/h1-7,15H,8-10H2,(H,19,20)(H,21,22). The molecule has 1 aliphatic carbocycles. The molecule has 0 aromatic heterocycles. The Labute approximate surface area is 128 Å². The number of carbonyl (C=O) groups is 2. The van der Waals surface area contributed by atoms with Crippen LogP contribution in [0, 0.1) is 0 Å². The molecule has 0 bridgehead atoms. The first kappa shape index (κ1) is 14.3. The summed E-state index contributed by atoms with van der Waals surface area (Å²) in [6.45, 7) is 0. The van der Waals surface area contributed by atoms with Gasteiger partial charge in [0.2, 0.25) is 0 Å². The Balaban J connectivity index is 2.02.